The molecular formula is C16H19NO4. The molecule has 0 aliphatic rings. The number of carboxylic acid groups (broad SMARTS) is 1. The van der Waals surface area contributed by atoms with E-state index in [1.165, 1.54) is 0 Å². The van der Waals surface area contributed by atoms with Crippen molar-refractivity contribution in [3.8, 4) is 5.88 Å². The number of rotatable bonds is 5. The van der Waals surface area contributed by atoms with Crippen LogP contribution in [0.3, 0.4) is 0 Å². The molecule has 0 radical (unpaired) electrons. The van der Waals surface area contributed by atoms with E-state index in [1.807, 2.05) is 45.0 Å². The van der Waals surface area contributed by atoms with E-state index >= 15 is 0 Å². The summed E-state index contributed by atoms with van der Waals surface area (Å²) in [6.07, 6.45) is 0. The third-order valence-corrected chi connectivity index (χ3v) is 2.78. The molecule has 112 valence electrons. The second kappa shape index (κ2) is 6.10. The normalized spacial score (nSPS) is 11.6. The van der Waals surface area contributed by atoms with Crippen molar-refractivity contribution >= 4 is 16.9 Å². The first kappa shape index (κ1) is 15.3. The van der Waals surface area contributed by atoms with Gasteiger partial charge in [-0.2, -0.15) is 0 Å². The Balaban J connectivity index is 2.17. The van der Waals surface area contributed by atoms with Crippen LogP contribution in [-0.4, -0.2) is 34.9 Å². The van der Waals surface area contributed by atoms with Gasteiger partial charge < -0.3 is 14.6 Å². The number of pyridine rings is 1. The van der Waals surface area contributed by atoms with Crippen LogP contribution >= 0.6 is 0 Å². The maximum absolute atomic E-state index is 11.3. The Morgan fingerprint density at radius 3 is 2.62 bits per heavy atom. The zero-order chi connectivity index (χ0) is 15.5. The van der Waals surface area contributed by atoms with Crippen molar-refractivity contribution in [2.24, 2.45) is 0 Å². The van der Waals surface area contributed by atoms with Crippen LogP contribution in [0.25, 0.3) is 10.9 Å². The highest BCUT2D eigenvalue weighted by molar-refractivity contribution is 5.95. The van der Waals surface area contributed by atoms with Gasteiger partial charge in [-0.3, -0.25) is 0 Å². The van der Waals surface area contributed by atoms with E-state index in [4.69, 9.17) is 9.47 Å². The summed E-state index contributed by atoms with van der Waals surface area (Å²) in [5.74, 6) is -0.932. The Labute approximate surface area is 123 Å². The number of aromatic carboxylic acids is 1. The maximum Gasteiger partial charge on any atom is 0.341 e. The van der Waals surface area contributed by atoms with Crippen LogP contribution in [0.15, 0.2) is 30.3 Å². The summed E-state index contributed by atoms with van der Waals surface area (Å²) in [5, 5.41) is 10.0. The third-order valence-electron chi connectivity index (χ3n) is 2.78. The minimum Gasteiger partial charge on any atom is -0.477 e. The highest BCUT2D eigenvalue weighted by Gasteiger charge is 2.15. The van der Waals surface area contributed by atoms with Crippen molar-refractivity contribution in [1.82, 2.24) is 4.98 Å². The first-order chi connectivity index (χ1) is 9.87. The summed E-state index contributed by atoms with van der Waals surface area (Å²) in [6.45, 7) is 6.47. The van der Waals surface area contributed by atoms with Crippen molar-refractivity contribution in [3.05, 3.63) is 35.9 Å². The lowest BCUT2D eigenvalue weighted by molar-refractivity contribution is -0.0169. The molecule has 0 spiro atoms. The van der Waals surface area contributed by atoms with E-state index in [9.17, 15) is 9.90 Å². The molecule has 1 aromatic carbocycles. The summed E-state index contributed by atoms with van der Waals surface area (Å²) in [4.78, 5) is 15.6. The van der Waals surface area contributed by atoms with E-state index in [-0.39, 0.29) is 23.7 Å². The summed E-state index contributed by atoms with van der Waals surface area (Å²) >= 11 is 0. The summed E-state index contributed by atoms with van der Waals surface area (Å²) in [5.41, 5.74) is 0.509. The lowest BCUT2D eigenvalue weighted by Crippen LogP contribution is -2.23. The van der Waals surface area contributed by atoms with Crippen LogP contribution in [0.2, 0.25) is 0 Å². The van der Waals surface area contributed by atoms with Crippen LogP contribution in [0.4, 0.5) is 0 Å². The van der Waals surface area contributed by atoms with E-state index in [2.05, 4.69) is 4.98 Å². The number of carboxylic acids is 1. The number of benzene rings is 1. The number of hydrogen-bond donors (Lipinski definition) is 1. The molecule has 5 heteroatoms. The zero-order valence-corrected chi connectivity index (χ0v) is 12.4. The van der Waals surface area contributed by atoms with Gasteiger partial charge in [-0.1, -0.05) is 18.2 Å². The number of ether oxygens (including phenoxy) is 2. The smallest absolute Gasteiger partial charge is 0.341 e. The first-order valence-electron chi connectivity index (χ1n) is 6.77. The Hall–Kier alpha value is -2.14. The summed E-state index contributed by atoms with van der Waals surface area (Å²) in [7, 11) is 0. The Morgan fingerprint density at radius 2 is 1.95 bits per heavy atom. The predicted molar refractivity (Wildman–Crippen MR) is 79.9 cm³/mol. The highest BCUT2D eigenvalue weighted by Crippen LogP contribution is 2.22. The van der Waals surface area contributed by atoms with E-state index in [1.54, 1.807) is 6.07 Å². The van der Waals surface area contributed by atoms with Gasteiger partial charge >= 0.3 is 5.97 Å². The fourth-order valence-corrected chi connectivity index (χ4v) is 1.85. The van der Waals surface area contributed by atoms with E-state index < -0.39 is 5.97 Å². The molecular weight excluding hydrogens is 270 g/mol. The minimum atomic E-state index is -1.06. The number of fused-ring (bicyclic) bond motifs is 1. The minimum absolute atomic E-state index is 0.0597. The van der Waals surface area contributed by atoms with Gasteiger partial charge in [0.1, 0.15) is 12.2 Å². The number of para-hydroxylation sites is 1. The summed E-state index contributed by atoms with van der Waals surface area (Å²) in [6, 6.07) is 8.90. The van der Waals surface area contributed by atoms with E-state index in [0.717, 1.165) is 5.39 Å². The van der Waals surface area contributed by atoms with Crippen molar-refractivity contribution in [2.75, 3.05) is 13.2 Å². The molecule has 0 aliphatic heterocycles. The van der Waals surface area contributed by atoms with Crippen LogP contribution < -0.4 is 4.74 Å². The van der Waals surface area contributed by atoms with Gasteiger partial charge in [0, 0.05) is 5.39 Å². The average molecular weight is 289 g/mol. The molecule has 0 atom stereocenters. The lowest BCUT2D eigenvalue weighted by atomic mass is 10.1. The fraction of sp³-hybridized carbons (Fsp3) is 0.375. The second-order valence-electron chi connectivity index (χ2n) is 5.65. The van der Waals surface area contributed by atoms with Gasteiger partial charge in [0.15, 0.2) is 0 Å². The SMILES string of the molecule is CC(C)(C)OCCOc1nc2ccccc2cc1C(=O)O. The van der Waals surface area contributed by atoms with E-state index in [0.29, 0.717) is 12.1 Å². The first-order valence-corrected chi connectivity index (χ1v) is 6.77. The Morgan fingerprint density at radius 1 is 1.24 bits per heavy atom. The topological polar surface area (TPSA) is 68.7 Å². The number of aromatic nitrogens is 1. The molecule has 1 heterocycles. The fourth-order valence-electron chi connectivity index (χ4n) is 1.85. The average Bonchev–Trinajstić information content (AvgIpc) is 2.41. The van der Waals surface area contributed by atoms with Crippen molar-refractivity contribution in [2.45, 2.75) is 26.4 Å². The Bertz CT molecular complexity index is 646. The molecule has 0 bridgehead atoms. The second-order valence-corrected chi connectivity index (χ2v) is 5.65. The van der Waals surface area contributed by atoms with Gasteiger partial charge in [-0.25, -0.2) is 9.78 Å². The van der Waals surface area contributed by atoms with Crippen LogP contribution in [-0.2, 0) is 4.74 Å². The summed E-state index contributed by atoms with van der Waals surface area (Å²) < 4.78 is 11.0. The Kier molecular flexibility index (Phi) is 4.43. The standard InChI is InChI=1S/C16H19NO4/c1-16(2,3)21-9-8-20-14-12(15(18)19)10-11-6-4-5-7-13(11)17-14/h4-7,10H,8-9H2,1-3H3,(H,18,19). The van der Waals surface area contributed by atoms with Crippen molar-refractivity contribution in [3.63, 3.8) is 0 Å². The molecule has 0 saturated heterocycles. The van der Waals surface area contributed by atoms with Crippen LogP contribution in [0, 0.1) is 0 Å². The molecule has 0 unspecified atom stereocenters. The molecule has 5 nitrogen and oxygen atoms in total. The maximum atomic E-state index is 11.3. The number of hydrogen-bond acceptors (Lipinski definition) is 4. The van der Waals surface area contributed by atoms with Gasteiger partial charge in [-0.15, -0.1) is 0 Å². The largest absolute Gasteiger partial charge is 0.477 e. The number of nitrogens with zero attached hydrogens (tertiary/aromatic N) is 1. The van der Waals surface area contributed by atoms with Gasteiger partial charge in [0.05, 0.1) is 17.7 Å². The predicted octanol–water partition coefficient (Wildman–Crippen LogP) is 3.13. The van der Waals surface area contributed by atoms with Crippen LogP contribution in [0.1, 0.15) is 31.1 Å². The molecule has 0 fully saturated rings. The van der Waals surface area contributed by atoms with Gasteiger partial charge in [-0.05, 0) is 32.9 Å². The highest BCUT2D eigenvalue weighted by atomic mass is 16.5. The monoisotopic (exact) mass is 289 g/mol. The molecule has 0 saturated carbocycles. The molecule has 21 heavy (non-hydrogen) atoms. The molecule has 0 aliphatic carbocycles. The van der Waals surface area contributed by atoms with Gasteiger partial charge in [0.25, 0.3) is 0 Å². The molecule has 2 aromatic rings. The quantitative estimate of drug-likeness (QED) is 0.856. The molecule has 1 N–H and O–H groups in total. The molecule has 1 aromatic heterocycles. The number of carbonyl (C=O) groups is 1. The van der Waals surface area contributed by atoms with Crippen molar-refractivity contribution < 1.29 is 19.4 Å². The van der Waals surface area contributed by atoms with Crippen molar-refractivity contribution in [1.29, 1.82) is 0 Å². The lowest BCUT2D eigenvalue weighted by Gasteiger charge is -2.19. The molecule has 2 rings (SSSR count). The molecule has 0 amide bonds. The van der Waals surface area contributed by atoms with Gasteiger partial charge in [0.2, 0.25) is 5.88 Å². The third kappa shape index (κ3) is 4.16. The van der Waals surface area contributed by atoms with Crippen LogP contribution in [0.5, 0.6) is 5.88 Å². The zero-order valence-electron chi connectivity index (χ0n) is 12.4.